The zero-order valence-electron chi connectivity index (χ0n) is 15.8. The van der Waals surface area contributed by atoms with E-state index in [1.54, 1.807) is 7.11 Å². The summed E-state index contributed by atoms with van der Waals surface area (Å²) < 4.78 is 16.1. The number of rotatable bonds is 13. The molecule has 0 saturated carbocycles. The molecule has 1 aromatic carbocycles. The number of nitrogens with zero attached hydrogens (tertiary/aromatic N) is 1. The van der Waals surface area contributed by atoms with E-state index < -0.39 is 0 Å². The van der Waals surface area contributed by atoms with Gasteiger partial charge in [-0.05, 0) is 38.8 Å². The smallest absolute Gasteiger partial charge is 0.191 e. The maximum Gasteiger partial charge on any atom is 0.191 e. The Balaban J connectivity index is 2.14. The van der Waals surface area contributed by atoms with Gasteiger partial charge in [0, 0.05) is 26.8 Å². The number of methoxy groups -OCH3 is 1. The third kappa shape index (κ3) is 11.4. The van der Waals surface area contributed by atoms with Crippen molar-refractivity contribution in [3.05, 3.63) is 29.8 Å². The molecule has 25 heavy (non-hydrogen) atoms. The summed E-state index contributed by atoms with van der Waals surface area (Å²) in [6.07, 6.45) is 2.01. The minimum absolute atomic E-state index is 0.598. The number of hydrogen-bond acceptors (Lipinski definition) is 4. The van der Waals surface area contributed by atoms with Gasteiger partial charge >= 0.3 is 0 Å². The zero-order valence-corrected chi connectivity index (χ0v) is 15.8. The lowest BCUT2D eigenvalue weighted by atomic mass is 10.2. The van der Waals surface area contributed by atoms with Gasteiger partial charge in [-0.15, -0.1) is 0 Å². The van der Waals surface area contributed by atoms with Crippen LogP contribution in [0.2, 0.25) is 0 Å². The summed E-state index contributed by atoms with van der Waals surface area (Å²) >= 11 is 0. The summed E-state index contributed by atoms with van der Waals surface area (Å²) in [6.45, 7) is 9.11. The van der Waals surface area contributed by atoms with Crippen LogP contribution in [0, 0.1) is 6.92 Å². The van der Waals surface area contributed by atoms with Crippen molar-refractivity contribution in [2.45, 2.75) is 26.7 Å². The fourth-order valence-electron chi connectivity index (χ4n) is 2.07. The highest BCUT2D eigenvalue weighted by molar-refractivity contribution is 5.79. The molecular weight excluding hydrogens is 318 g/mol. The van der Waals surface area contributed by atoms with Gasteiger partial charge in [-0.1, -0.05) is 17.7 Å². The van der Waals surface area contributed by atoms with E-state index >= 15 is 0 Å². The van der Waals surface area contributed by atoms with E-state index in [1.165, 1.54) is 5.56 Å². The normalized spacial score (nSPS) is 11.4. The summed E-state index contributed by atoms with van der Waals surface area (Å²) in [7, 11) is 1.68. The lowest BCUT2D eigenvalue weighted by Gasteiger charge is -2.12. The Morgan fingerprint density at radius 1 is 1.00 bits per heavy atom. The average Bonchev–Trinajstić information content (AvgIpc) is 2.62. The maximum absolute atomic E-state index is 5.71. The van der Waals surface area contributed by atoms with E-state index in [9.17, 15) is 0 Å². The predicted octanol–water partition coefficient (Wildman–Crippen LogP) is 2.37. The number of aliphatic imine (C=N–C) groups is 1. The van der Waals surface area contributed by atoms with Crippen LogP contribution in [0.3, 0.4) is 0 Å². The first-order valence-corrected chi connectivity index (χ1v) is 9.04. The number of nitrogens with one attached hydrogen (secondary N) is 2. The summed E-state index contributed by atoms with van der Waals surface area (Å²) in [4.78, 5) is 4.56. The van der Waals surface area contributed by atoms with Crippen LogP contribution in [0.1, 0.15) is 25.3 Å². The molecule has 1 aromatic rings. The topological polar surface area (TPSA) is 64.1 Å². The molecule has 0 bridgehead atoms. The van der Waals surface area contributed by atoms with Gasteiger partial charge in [0.05, 0.1) is 19.8 Å². The Morgan fingerprint density at radius 3 is 2.52 bits per heavy atom. The van der Waals surface area contributed by atoms with Crippen LogP contribution in [0.5, 0.6) is 5.75 Å². The van der Waals surface area contributed by atoms with Crippen molar-refractivity contribution >= 4 is 5.96 Å². The van der Waals surface area contributed by atoms with Crippen molar-refractivity contribution in [2.24, 2.45) is 4.99 Å². The number of unbranched alkanes of at least 4 members (excludes halogenated alkanes) is 1. The van der Waals surface area contributed by atoms with Gasteiger partial charge in [-0.2, -0.15) is 0 Å². The predicted molar refractivity (Wildman–Crippen MR) is 103 cm³/mol. The third-order valence-corrected chi connectivity index (χ3v) is 3.43. The van der Waals surface area contributed by atoms with Crippen molar-refractivity contribution in [1.82, 2.24) is 10.6 Å². The molecule has 0 atom stereocenters. The molecule has 0 heterocycles. The third-order valence-electron chi connectivity index (χ3n) is 3.43. The van der Waals surface area contributed by atoms with Crippen molar-refractivity contribution < 1.29 is 14.2 Å². The lowest BCUT2D eigenvalue weighted by Crippen LogP contribution is -2.39. The summed E-state index contributed by atoms with van der Waals surface area (Å²) in [5.41, 5.74) is 1.23. The molecule has 0 unspecified atom stereocenters. The molecule has 0 aliphatic heterocycles. The molecule has 6 nitrogen and oxygen atoms in total. The van der Waals surface area contributed by atoms with Crippen LogP contribution in [-0.2, 0) is 9.47 Å². The SMILES string of the molecule is CCNC(=NCCCCOCCOC)NCCOc1ccc(C)cc1. The summed E-state index contributed by atoms with van der Waals surface area (Å²) in [6, 6.07) is 8.08. The molecule has 6 heteroatoms. The van der Waals surface area contributed by atoms with E-state index in [2.05, 4.69) is 29.5 Å². The largest absolute Gasteiger partial charge is 0.492 e. The van der Waals surface area contributed by atoms with Crippen LogP contribution >= 0.6 is 0 Å². The minimum Gasteiger partial charge on any atom is -0.492 e. The monoisotopic (exact) mass is 351 g/mol. The second-order valence-electron chi connectivity index (χ2n) is 5.66. The zero-order chi connectivity index (χ0) is 18.2. The number of guanidine groups is 1. The molecule has 0 aliphatic carbocycles. The second-order valence-corrected chi connectivity index (χ2v) is 5.66. The van der Waals surface area contributed by atoms with E-state index in [-0.39, 0.29) is 0 Å². The molecule has 0 aliphatic rings. The van der Waals surface area contributed by atoms with Crippen LogP contribution in [0.4, 0.5) is 0 Å². The molecule has 0 spiro atoms. The van der Waals surface area contributed by atoms with E-state index in [1.807, 2.05) is 24.3 Å². The first kappa shape index (κ1) is 21.3. The molecule has 0 aromatic heterocycles. The quantitative estimate of drug-likeness (QED) is 0.324. The fraction of sp³-hybridized carbons (Fsp3) is 0.632. The lowest BCUT2D eigenvalue weighted by molar-refractivity contribution is 0.0690. The van der Waals surface area contributed by atoms with Crippen molar-refractivity contribution in [3.63, 3.8) is 0 Å². The van der Waals surface area contributed by atoms with Gasteiger partial charge < -0.3 is 24.8 Å². The first-order valence-electron chi connectivity index (χ1n) is 9.04. The maximum atomic E-state index is 5.71. The van der Waals surface area contributed by atoms with Crippen molar-refractivity contribution in [2.75, 3.05) is 53.2 Å². The second kappa shape index (κ2) is 14.5. The van der Waals surface area contributed by atoms with Gasteiger partial charge in [0.1, 0.15) is 12.4 Å². The molecule has 0 amide bonds. The Hall–Kier alpha value is -1.79. The number of benzene rings is 1. The molecular formula is C19H33N3O3. The number of hydrogen-bond donors (Lipinski definition) is 2. The van der Waals surface area contributed by atoms with Gasteiger partial charge in [0.25, 0.3) is 0 Å². The Bertz CT molecular complexity index is 463. The summed E-state index contributed by atoms with van der Waals surface area (Å²) in [5.74, 6) is 1.72. The number of aryl methyl sites for hydroxylation is 1. The Morgan fingerprint density at radius 2 is 1.80 bits per heavy atom. The first-order chi connectivity index (χ1) is 12.3. The molecule has 2 N–H and O–H groups in total. The van der Waals surface area contributed by atoms with Crippen LogP contribution in [0.25, 0.3) is 0 Å². The van der Waals surface area contributed by atoms with Gasteiger partial charge in [-0.25, -0.2) is 0 Å². The van der Waals surface area contributed by atoms with Gasteiger partial charge in [-0.3, -0.25) is 4.99 Å². The van der Waals surface area contributed by atoms with Crippen molar-refractivity contribution in [1.29, 1.82) is 0 Å². The highest BCUT2D eigenvalue weighted by Gasteiger charge is 1.98. The fourth-order valence-corrected chi connectivity index (χ4v) is 2.07. The van der Waals surface area contributed by atoms with Crippen LogP contribution in [0.15, 0.2) is 29.3 Å². The molecule has 0 radical (unpaired) electrons. The molecule has 142 valence electrons. The highest BCUT2D eigenvalue weighted by atomic mass is 16.5. The van der Waals surface area contributed by atoms with Gasteiger partial charge in [0.2, 0.25) is 0 Å². The molecule has 0 saturated heterocycles. The highest BCUT2D eigenvalue weighted by Crippen LogP contribution is 2.10. The standard InChI is InChI=1S/C19H33N3O3/c1-4-20-19(21-11-5-6-13-24-16-15-23-3)22-12-14-25-18-9-7-17(2)8-10-18/h7-10H,4-6,11-16H2,1-3H3,(H2,20,21,22). The summed E-state index contributed by atoms with van der Waals surface area (Å²) in [5, 5.41) is 6.53. The molecule has 0 fully saturated rings. The van der Waals surface area contributed by atoms with Gasteiger partial charge in [0.15, 0.2) is 5.96 Å². The molecule has 1 rings (SSSR count). The Kier molecular flexibility index (Phi) is 12.4. The number of ether oxygens (including phenoxy) is 3. The van der Waals surface area contributed by atoms with E-state index in [0.29, 0.717) is 26.4 Å². The van der Waals surface area contributed by atoms with Crippen molar-refractivity contribution in [3.8, 4) is 5.75 Å². The van der Waals surface area contributed by atoms with E-state index in [4.69, 9.17) is 14.2 Å². The average molecular weight is 351 g/mol. The minimum atomic E-state index is 0.598. The van der Waals surface area contributed by atoms with Crippen LogP contribution in [-0.4, -0.2) is 59.1 Å². The van der Waals surface area contributed by atoms with Crippen LogP contribution < -0.4 is 15.4 Å². The Labute approximate surface area is 152 Å². The van der Waals surface area contributed by atoms with E-state index in [0.717, 1.165) is 44.2 Å².